The van der Waals surface area contributed by atoms with E-state index >= 15 is 0 Å². The van der Waals surface area contributed by atoms with Crippen molar-refractivity contribution in [1.82, 2.24) is 0 Å². The molecule has 0 spiro atoms. The number of rotatable bonds is 6. The number of carbonyl (C=O) groups is 4. The third-order valence-electron chi connectivity index (χ3n) is 1.26. The number of carboxylic acid groups (broad SMARTS) is 4. The molecule has 0 aliphatic heterocycles. The number of aliphatic hydroxyl groups excluding tert-OH is 2. The summed E-state index contributed by atoms with van der Waals surface area (Å²) < 4.78 is 0. The van der Waals surface area contributed by atoms with Gasteiger partial charge < -0.3 is 49.8 Å². The zero-order valence-corrected chi connectivity index (χ0v) is 14.6. The molecule has 0 aromatic carbocycles. The molecule has 0 aromatic heterocycles. The molecule has 0 rings (SSSR count). The van der Waals surface area contributed by atoms with Crippen molar-refractivity contribution >= 4 is 99.4 Å². The summed E-state index contributed by atoms with van der Waals surface area (Å²) in [5.41, 5.74) is 0. The number of carbonyl (C=O) groups excluding carboxylic acids is 4. The molecule has 2 unspecified atom stereocenters. The Balaban J connectivity index is -0.000000116. The summed E-state index contributed by atoms with van der Waals surface area (Å²) in [4.78, 5) is 38.3. The first kappa shape index (κ1) is 28.5. The molecule has 0 saturated carbocycles. The Bertz CT molecular complexity index is 299. The average Bonchev–Trinajstić information content (AvgIpc) is 2.16. The number of aliphatic hydroxyl groups is 2. The van der Waals surface area contributed by atoms with Crippen LogP contribution in [0.15, 0.2) is 0 Å². The third-order valence-corrected chi connectivity index (χ3v) is 1.26. The molecule has 0 saturated heterocycles. The molecule has 20 heavy (non-hydrogen) atoms. The van der Waals surface area contributed by atoms with Gasteiger partial charge in [-0.15, -0.1) is 0 Å². The Hall–Kier alpha value is 0.319. The maximum Gasteiger partial charge on any atom is 2.00 e. The van der Waals surface area contributed by atoms with E-state index in [-0.39, 0.29) is 75.5 Å². The van der Waals surface area contributed by atoms with E-state index in [4.69, 9.17) is 10.2 Å². The molecule has 12 heteroatoms. The number of carboxylic acids is 4. The van der Waals surface area contributed by atoms with Gasteiger partial charge in [-0.3, -0.25) is 0 Å². The molecule has 0 aliphatic carbocycles. The van der Waals surface area contributed by atoms with Crippen molar-refractivity contribution in [1.29, 1.82) is 0 Å². The number of aliphatic carboxylic acids is 4. The van der Waals surface area contributed by atoms with Crippen LogP contribution in [-0.2, 0) is 19.2 Å². The Morgan fingerprint density at radius 1 is 0.700 bits per heavy atom. The summed E-state index contributed by atoms with van der Waals surface area (Å²) in [6.07, 6.45) is -5.78. The zero-order valence-electron chi connectivity index (χ0n) is 10.1. The third kappa shape index (κ3) is 20.6. The van der Waals surface area contributed by atoms with Crippen molar-refractivity contribution in [2.24, 2.45) is 0 Å². The monoisotopic (exact) mass is 344 g/mol. The van der Waals surface area contributed by atoms with Gasteiger partial charge in [-0.05, 0) is 0 Å². The van der Waals surface area contributed by atoms with E-state index in [2.05, 4.69) is 0 Å². The molecule has 0 aliphatic rings. The Morgan fingerprint density at radius 3 is 0.950 bits per heavy atom. The molecular formula is C8H8Ca2O10. The molecular weight excluding hydrogens is 336 g/mol. The van der Waals surface area contributed by atoms with Crippen LogP contribution in [0.25, 0.3) is 0 Å². The minimum atomic E-state index is -1.96. The predicted octanol–water partition coefficient (Wildman–Crippen LogP) is -8.29. The molecule has 0 aromatic rings. The Labute approximate surface area is 172 Å². The van der Waals surface area contributed by atoms with E-state index in [0.717, 1.165) is 0 Å². The van der Waals surface area contributed by atoms with Crippen LogP contribution in [0, 0.1) is 0 Å². The van der Waals surface area contributed by atoms with E-state index in [1.807, 2.05) is 0 Å². The average molecular weight is 344 g/mol. The van der Waals surface area contributed by atoms with Crippen LogP contribution >= 0.6 is 0 Å². The molecule has 0 amide bonds. The summed E-state index contributed by atoms with van der Waals surface area (Å²) in [6, 6.07) is 0. The quantitative estimate of drug-likeness (QED) is 0.435. The van der Waals surface area contributed by atoms with Crippen molar-refractivity contribution in [3.05, 3.63) is 0 Å². The van der Waals surface area contributed by atoms with Crippen molar-refractivity contribution in [2.75, 3.05) is 0 Å². The van der Waals surface area contributed by atoms with Crippen LogP contribution in [0.3, 0.4) is 0 Å². The smallest absolute Gasteiger partial charge is 0.550 e. The number of hydrogen-bond donors (Lipinski definition) is 2. The molecule has 0 radical (unpaired) electrons. The fourth-order valence-corrected chi connectivity index (χ4v) is 0.482. The topological polar surface area (TPSA) is 201 Å². The minimum Gasteiger partial charge on any atom is -0.550 e. The molecule has 0 fully saturated rings. The summed E-state index contributed by atoms with van der Waals surface area (Å²) >= 11 is 0. The maximum atomic E-state index is 9.58. The van der Waals surface area contributed by atoms with Crippen LogP contribution in [0.4, 0.5) is 0 Å². The summed E-state index contributed by atoms with van der Waals surface area (Å²) in [5, 5.41) is 54.7. The molecule has 0 bridgehead atoms. The molecule has 10 nitrogen and oxygen atoms in total. The van der Waals surface area contributed by atoms with Crippen LogP contribution < -0.4 is 20.4 Å². The van der Waals surface area contributed by atoms with Gasteiger partial charge in [-0.25, -0.2) is 0 Å². The second kappa shape index (κ2) is 15.7. The van der Waals surface area contributed by atoms with Gasteiger partial charge in [0, 0.05) is 24.8 Å². The van der Waals surface area contributed by atoms with E-state index in [9.17, 15) is 39.6 Å². The fourth-order valence-electron chi connectivity index (χ4n) is 0.482. The van der Waals surface area contributed by atoms with Gasteiger partial charge in [0.25, 0.3) is 0 Å². The summed E-state index contributed by atoms with van der Waals surface area (Å²) in [6.45, 7) is 0. The van der Waals surface area contributed by atoms with Crippen LogP contribution in [0.1, 0.15) is 12.8 Å². The standard InChI is InChI=1S/2C4H6O5.2Ca/c2*5-2(4(8)9)1-3(6)7;;/h2*2,5H,1H2,(H,6,7)(H,8,9);;/q;;2*+2/p-4. The molecule has 104 valence electrons. The van der Waals surface area contributed by atoms with Crippen LogP contribution in [-0.4, -0.2) is 122 Å². The van der Waals surface area contributed by atoms with Gasteiger partial charge in [-0.1, -0.05) is 0 Å². The zero-order chi connectivity index (χ0) is 14.9. The van der Waals surface area contributed by atoms with Gasteiger partial charge in [0.05, 0.1) is 24.1 Å². The first-order valence-electron chi connectivity index (χ1n) is 4.25. The van der Waals surface area contributed by atoms with Crippen LogP contribution in [0.5, 0.6) is 0 Å². The summed E-state index contributed by atoms with van der Waals surface area (Å²) in [7, 11) is 0. The van der Waals surface area contributed by atoms with Gasteiger partial charge >= 0.3 is 75.5 Å². The second-order valence-electron chi connectivity index (χ2n) is 2.82. The Morgan fingerprint density at radius 2 is 0.900 bits per heavy atom. The normalized spacial score (nSPS) is 11.3. The SMILES string of the molecule is O=C([O-])CC(O)C(=O)[O-].O=C([O-])CC(O)C(=O)[O-].[Ca+2].[Ca+2]. The van der Waals surface area contributed by atoms with Crippen molar-refractivity contribution in [3.8, 4) is 0 Å². The van der Waals surface area contributed by atoms with Crippen molar-refractivity contribution in [2.45, 2.75) is 25.0 Å². The summed E-state index contributed by atoms with van der Waals surface area (Å²) in [5.74, 6) is -6.85. The molecule has 2 atom stereocenters. The van der Waals surface area contributed by atoms with E-state index in [1.165, 1.54) is 0 Å². The van der Waals surface area contributed by atoms with Crippen molar-refractivity contribution in [3.63, 3.8) is 0 Å². The van der Waals surface area contributed by atoms with Gasteiger partial charge in [0.1, 0.15) is 0 Å². The first-order chi connectivity index (χ1) is 8.07. The van der Waals surface area contributed by atoms with Gasteiger partial charge in [0.2, 0.25) is 0 Å². The van der Waals surface area contributed by atoms with Gasteiger partial charge in [-0.2, -0.15) is 0 Å². The van der Waals surface area contributed by atoms with E-state index in [0.29, 0.717) is 0 Å². The second-order valence-corrected chi connectivity index (χ2v) is 2.82. The predicted molar refractivity (Wildman–Crippen MR) is 52.8 cm³/mol. The van der Waals surface area contributed by atoms with E-state index in [1.54, 1.807) is 0 Å². The number of hydrogen-bond acceptors (Lipinski definition) is 10. The fraction of sp³-hybridized carbons (Fsp3) is 0.500. The maximum absolute atomic E-state index is 9.58. The Kier molecular flexibility index (Phi) is 22.4. The molecule has 0 heterocycles. The largest absolute Gasteiger partial charge is 2.00 e. The van der Waals surface area contributed by atoms with Crippen molar-refractivity contribution < 1.29 is 49.8 Å². The minimum absolute atomic E-state index is 0. The first-order valence-corrected chi connectivity index (χ1v) is 4.25. The van der Waals surface area contributed by atoms with Crippen LogP contribution in [0.2, 0.25) is 0 Å². The van der Waals surface area contributed by atoms with Gasteiger partial charge in [0.15, 0.2) is 0 Å². The molecule has 2 N–H and O–H groups in total. The van der Waals surface area contributed by atoms with E-state index < -0.39 is 48.9 Å².